The number of ether oxygens (including phenoxy) is 2. The lowest BCUT2D eigenvalue weighted by atomic mass is 10.0. The quantitative estimate of drug-likeness (QED) is 0.611. The van der Waals surface area contributed by atoms with Gasteiger partial charge in [-0.1, -0.05) is 63.9 Å². The molecule has 7 nitrogen and oxygen atoms in total. The molecule has 0 aliphatic carbocycles. The van der Waals surface area contributed by atoms with Crippen molar-refractivity contribution in [3.05, 3.63) is 35.9 Å². The minimum atomic E-state index is -0.779. The fraction of sp³-hybridized carbons (Fsp3) is 0.550. The Kier molecular flexibility index (Phi) is 9.93. The van der Waals surface area contributed by atoms with Crippen molar-refractivity contribution in [2.24, 2.45) is 5.92 Å². The summed E-state index contributed by atoms with van der Waals surface area (Å²) in [7, 11) is 1.28. The molecule has 0 bridgehead atoms. The standard InChI is InChI=1S/C20H30N2O5/c1-5-6-12-16(18(23)22-17(14(2)3)19(24)26-4)21-20(25)27-13-15-10-8-7-9-11-15/h7-11,14,16-17H,5-6,12-13H2,1-4H3,(H,21,25)(H,22,23)/t16-,17-/m1/s1. The predicted octanol–water partition coefficient (Wildman–Crippen LogP) is 2.79. The summed E-state index contributed by atoms with van der Waals surface area (Å²) in [6.07, 6.45) is 1.40. The summed E-state index contributed by atoms with van der Waals surface area (Å²) in [5, 5.41) is 5.27. The zero-order valence-electron chi connectivity index (χ0n) is 16.5. The second kappa shape index (κ2) is 11.9. The van der Waals surface area contributed by atoms with Crippen LogP contribution in [0.1, 0.15) is 45.6 Å². The van der Waals surface area contributed by atoms with E-state index in [2.05, 4.69) is 10.6 Å². The highest BCUT2D eigenvalue weighted by Crippen LogP contribution is 2.08. The van der Waals surface area contributed by atoms with E-state index in [0.29, 0.717) is 6.42 Å². The first-order valence-electron chi connectivity index (χ1n) is 9.24. The monoisotopic (exact) mass is 378 g/mol. The van der Waals surface area contributed by atoms with Crippen molar-refractivity contribution in [1.82, 2.24) is 10.6 Å². The van der Waals surface area contributed by atoms with Crippen molar-refractivity contribution in [3.63, 3.8) is 0 Å². The number of unbranched alkanes of at least 4 members (excludes halogenated alkanes) is 1. The van der Waals surface area contributed by atoms with Gasteiger partial charge in [-0.2, -0.15) is 0 Å². The first kappa shape index (κ1) is 22.5. The lowest BCUT2D eigenvalue weighted by Crippen LogP contribution is -2.53. The van der Waals surface area contributed by atoms with Crippen LogP contribution >= 0.6 is 0 Å². The number of esters is 1. The van der Waals surface area contributed by atoms with Crippen LogP contribution in [0.15, 0.2) is 30.3 Å². The molecule has 0 aliphatic heterocycles. The lowest BCUT2D eigenvalue weighted by molar-refractivity contribution is -0.146. The molecule has 1 rings (SSSR count). The minimum Gasteiger partial charge on any atom is -0.467 e. The Balaban J connectivity index is 2.68. The van der Waals surface area contributed by atoms with Crippen LogP contribution in [0.3, 0.4) is 0 Å². The Labute approximate surface area is 160 Å². The smallest absolute Gasteiger partial charge is 0.408 e. The molecule has 27 heavy (non-hydrogen) atoms. The number of nitrogens with one attached hydrogen (secondary N) is 2. The molecule has 0 aromatic heterocycles. The summed E-state index contributed by atoms with van der Waals surface area (Å²) in [5.74, 6) is -1.08. The minimum absolute atomic E-state index is 0.117. The Hall–Kier alpha value is -2.57. The summed E-state index contributed by atoms with van der Waals surface area (Å²) in [6, 6.07) is 7.73. The molecule has 2 atom stereocenters. The molecule has 0 aliphatic rings. The molecule has 1 aromatic rings. The second-order valence-electron chi connectivity index (χ2n) is 6.65. The number of hydrogen-bond donors (Lipinski definition) is 2. The van der Waals surface area contributed by atoms with E-state index in [1.54, 1.807) is 0 Å². The van der Waals surface area contributed by atoms with Gasteiger partial charge >= 0.3 is 12.1 Å². The van der Waals surface area contributed by atoms with Crippen molar-refractivity contribution in [3.8, 4) is 0 Å². The van der Waals surface area contributed by atoms with Crippen LogP contribution in [-0.4, -0.2) is 37.2 Å². The molecule has 0 saturated heterocycles. The number of methoxy groups -OCH3 is 1. The zero-order valence-corrected chi connectivity index (χ0v) is 16.5. The van der Waals surface area contributed by atoms with Crippen LogP contribution in [0.5, 0.6) is 0 Å². The third kappa shape index (κ3) is 8.11. The van der Waals surface area contributed by atoms with Crippen LogP contribution in [0, 0.1) is 5.92 Å². The van der Waals surface area contributed by atoms with Gasteiger partial charge in [0.05, 0.1) is 7.11 Å². The Morgan fingerprint density at radius 3 is 2.30 bits per heavy atom. The Morgan fingerprint density at radius 1 is 1.07 bits per heavy atom. The predicted molar refractivity (Wildman–Crippen MR) is 102 cm³/mol. The van der Waals surface area contributed by atoms with E-state index in [-0.39, 0.29) is 12.5 Å². The van der Waals surface area contributed by atoms with Gasteiger partial charge in [0, 0.05) is 0 Å². The first-order valence-corrected chi connectivity index (χ1v) is 9.24. The highest BCUT2D eigenvalue weighted by atomic mass is 16.5. The molecule has 0 fully saturated rings. The maximum absolute atomic E-state index is 12.6. The molecular formula is C20H30N2O5. The summed E-state index contributed by atoms with van der Waals surface area (Å²) < 4.78 is 9.93. The number of carbonyl (C=O) groups is 3. The maximum Gasteiger partial charge on any atom is 0.408 e. The van der Waals surface area contributed by atoms with E-state index >= 15 is 0 Å². The SMILES string of the molecule is CCCC[C@@H](NC(=O)OCc1ccccc1)C(=O)N[C@@H](C(=O)OC)C(C)C. The van der Waals surface area contributed by atoms with Gasteiger partial charge in [-0.15, -0.1) is 0 Å². The van der Waals surface area contributed by atoms with Gasteiger partial charge in [-0.3, -0.25) is 4.79 Å². The lowest BCUT2D eigenvalue weighted by Gasteiger charge is -2.24. The van der Waals surface area contributed by atoms with Crippen LogP contribution in [0.2, 0.25) is 0 Å². The molecule has 2 amide bonds. The fourth-order valence-corrected chi connectivity index (χ4v) is 2.46. The van der Waals surface area contributed by atoms with E-state index in [9.17, 15) is 14.4 Å². The molecule has 7 heteroatoms. The first-order chi connectivity index (χ1) is 12.9. The van der Waals surface area contributed by atoms with Gasteiger partial charge in [-0.05, 0) is 17.9 Å². The van der Waals surface area contributed by atoms with Crippen molar-refractivity contribution in [1.29, 1.82) is 0 Å². The van der Waals surface area contributed by atoms with Gasteiger partial charge in [0.25, 0.3) is 0 Å². The number of alkyl carbamates (subject to hydrolysis) is 1. The van der Waals surface area contributed by atoms with Crippen LogP contribution in [-0.2, 0) is 25.7 Å². The van der Waals surface area contributed by atoms with Gasteiger partial charge < -0.3 is 20.1 Å². The third-order valence-electron chi connectivity index (χ3n) is 4.09. The maximum atomic E-state index is 12.6. The molecule has 2 N–H and O–H groups in total. The van der Waals surface area contributed by atoms with Gasteiger partial charge in [0.15, 0.2) is 0 Å². The van der Waals surface area contributed by atoms with E-state index in [0.717, 1.165) is 18.4 Å². The second-order valence-corrected chi connectivity index (χ2v) is 6.65. The molecular weight excluding hydrogens is 348 g/mol. The van der Waals surface area contributed by atoms with E-state index in [4.69, 9.17) is 9.47 Å². The van der Waals surface area contributed by atoms with Gasteiger partial charge in [-0.25, -0.2) is 9.59 Å². The fourth-order valence-electron chi connectivity index (χ4n) is 2.46. The average molecular weight is 378 g/mol. The van der Waals surface area contributed by atoms with Gasteiger partial charge in [0.1, 0.15) is 18.7 Å². The molecule has 0 saturated carbocycles. The van der Waals surface area contributed by atoms with Crippen molar-refractivity contribution in [2.45, 2.75) is 58.7 Å². The number of benzene rings is 1. The van der Waals surface area contributed by atoms with Gasteiger partial charge in [0.2, 0.25) is 5.91 Å². The van der Waals surface area contributed by atoms with E-state index in [1.165, 1.54) is 7.11 Å². The number of hydrogen-bond acceptors (Lipinski definition) is 5. The molecule has 0 heterocycles. The Morgan fingerprint density at radius 2 is 1.74 bits per heavy atom. The van der Waals surface area contributed by atoms with E-state index < -0.39 is 30.1 Å². The highest BCUT2D eigenvalue weighted by molar-refractivity contribution is 5.89. The zero-order chi connectivity index (χ0) is 20.2. The van der Waals surface area contributed by atoms with Crippen molar-refractivity contribution >= 4 is 18.0 Å². The molecule has 0 unspecified atom stereocenters. The number of carbonyl (C=O) groups excluding carboxylic acids is 3. The highest BCUT2D eigenvalue weighted by Gasteiger charge is 2.29. The van der Waals surface area contributed by atoms with Crippen LogP contribution in [0.25, 0.3) is 0 Å². The normalized spacial score (nSPS) is 12.8. The summed E-state index contributed by atoms with van der Waals surface area (Å²) in [4.78, 5) is 36.6. The molecule has 150 valence electrons. The largest absolute Gasteiger partial charge is 0.467 e. The Bertz CT molecular complexity index is 604. The summed E-state index contributed by atoms with van der Waals surface area (Å²) in [5.41, 5.74) is 0.854. The summed E-state index contributed by atoms with van der Waals surface area (Å²) in [6.45, 7) is 5.73. The average Bonchev–Trinajstić information content (AvgIpc) is 2.67. The topological polar surface area (TPSA) is 93.7 Å². The summed E-state index contributed by atoms with van der Waals surface area (Å²) >= 11 is 0. The third-order valence-corrected chi connectivity index (χ3v) is 4.09. The van der Waals surface area contributed by atoms with Crippen LogP contribution < -0.4 is 10.6 Å². The number of rotatable bonds is 10. The molecule has 1 aromatic carbocycles. The molecule has 0 spiro atoms. The van der Waals surface area contributed by atoms with Crippen LogP contribution in [0.4, 0.5) is 4.79 Å². The molecule has 0 radical (unpaired) electrons. The van der Waals surface area contributed by atoms with E-state index in [1.807, 2.05) is 51.1 Å². The van der Waals surface area contributed by atoms with Crippen molar-refractivity contribution in [2.75, 3.05) is 7.11 Å². The van der Waals surface area contributed by atoms with Crippen molar-refractivity contribution < 1.29 is 23.9 Å². The number of amides is 2.